The second kappa shape index (κ2) is 5.29. The number of nitrogens with one attached hydrogen (secondary N) is 1. The van der Waals surface area contributed by atoms with Crippen molar-refractivity contribution in [3.05, 3.63) is 29.8 Å². The minimum Gasteiger partial charge on any atom is -0.348 e. The Kier molecular flexibility index (Phi) is 4.25. The molecule has 1 amide bonds. The van der Waals surface area contributed by atoms with E-state index in [9.17, 15) is 13.2 Å². The third-order valence-electron chi connectivity index (χ3n) is 2.30. The third kappa shape index (κ3) is 3.54. The van der Waals surface area contributed by atoms with Gasteiger partial charge in [0, 0.05) is 14.1 Å². The van der Waals surface area contributed by atoms with E-state index >= 15 is 0 Å². The van der Waals surface area contributed by atoms with Crippen molar-refractivity contribution in [1.29, 1.82) is 0 Å². The second-order valence-corrected chi connectivity index (χ2v) is 5.61. The van der Waals surface area contributed by atoms with Gasteiger partial charge in [-0.15, -0.1) is 0 Å². The molecule has 0 saturated carbocycles. The van der Waals surface area contributed by atoms with Crippen LogP contribution in [-0.2, 0) is 14.8 Å². The highest BCUT2D eigenvalue weighted by atomic mass is 32.2. The van der Waals surface area contributed by atoms with Gasteiger partial charge in [0.15, 0.2) is 0 Å². The van der Waals surface area contributed by atoms with Crippen LogP contribution in [0.15, 0.2) is 29.2 Å². The van der Waals surface area contributed by atoms with Crippen LogP contribution in [-0.4, -0.2) is 39.9 Å². The zero-order valence-electron chi connectivity index (χ0n) is 10.1. The number of nitrogens with zero attached hydrogens (tertiary/aromatic N) is 1. The predicted molar refractivity (Wildman–Crippen MR) is 65.1 cm³/mol. The highest BCUT2D eigenvalue weighted by Crippen LogP contribution is 2.13. The molecule has 5 nitrogen and oxygen atoms in total. The summed E-state index contributed by atoms with van der Waals surface area (Å²) in [5, 5.41) is 0. The molecule has 0 aliphatic rings. The van der Waals surface area contributed by atoms with Crippen molar-refractivity contribution in [2.24, 2.45) is 0 Å². The van der Waals surface area contributed by atoms with Gasteiger partial charge in [0.05, 0.1) is 11.4 Å². The minimum atomic E-state index is -3.62. The van der Waals surface area contributed by atoms with Crippen molar-refractivity contribution in [2.45, 2.75) is 11.8 Å². The molecular formula is C11H16N2O3S. The molecule has 1 aromatic carbocycles. The monoisotopic (exact) mass is 256 g/mol. The largest absolute Gasteiger partial charge is 0.348 e. The van der Waals surface area contributed by atoms with Gasteiger partial charge < -0.3 is 4.90 Å². The van der Waals surface area contributed by atoms with Crippen molar-refractivity contribution in [1.82, 2.24) is 9.62 Å². The maximum Gasteiger partial charge on any atom is 0.241 e. The van der Waals surface area contributed by atoms with Gasteiger partial charge in [0.1, 0.15) is 0 Å². The average Bonchev–Trinajstić information content (AvgIpc) is 2.26. The summed E-state index contributed by atoms with van der Waals surface area (Å²) in [6, 6.07) is 6.63. The van der Waals surface area contributed by atoms with Crippen LogP contribution >= 0.6 is 0 Å². The van der Waals surface area contributed by atoms with Gasteiger partial charge in [-0.1, -0.05) is 18.2 Å². The molecule has 1 rings (SSSR count). The lowest BCUT2D eigenvalue weighted by atomic mass is 10.2. The first-order chi connectivity index (χ1) is 7.84. The van der Waals surface area contributed by atoms with Crippen LogP contribution < -0.4 is 4.72 Å². The topological polar surface area (TPSA) is 66.5 Å². The normalized spacial score (nSPS) is 11.2. The van der Waals surface area contributed by atoms with Crippen LogP contribution in [0.5, 0.6) is 0 Å². The van der Waals surface area contributed by atoms with Gasteiger partial charge in [-0.25, -0.2) is 13.1 Å². The smallest absolute Gasteiger partial charge is 0.241 e. The van der Waals surface area contributed by atoms with Crippen LogP contribution in [0.3, 0.4) is 0 Å². The molecule has 0 aliphatic heterocycles. The molecule has 94 valence electrons. The Bertz CT molecular complexity index is 509. The average molecular weight is 256 g/mol. The van der Waals surface area contributed by atoms with Crippen molar-refractivity contribution in [3.63, 3.8) is 0 Å². The molecule has 0 spiro atoms. The molecule has 0 aliphatic carbocycles. The van der Waals surface area contributed by atoms with E-state index in [1.54, 1.807) is 39.2 Å². The van der Waals surface area contributed by atoms with E-state index in [1.807, 2.05) is 0 Å². The number of hydrogen-bond acceptors (Lipinski definition) is 3. The number of amides is 1. The van der Waals surface area contributed by atoms with Crippen LogP contribution in [0.25, 0.3) is 0 Å². The number of likely N-dealkylation sites (N-methyl/N-ethyl adjacent to an activating group) is 1. The Morgan fingerprint density at radius 3 is 2.41 bits per heavy atom. The number of sulfonamides is 1. The van der Waals surface area contributed by atoms with E-state index in [4.69, 9.17) is 0 Å². The number of carbonyl (C=O) groups excluding carboxylic acids is 1. The third-order valence-corrected chi connectivity index (χ3v) is 3.86. The molecule has 17 heavy (non-hydrogen) atoms. The number of aryl methyl sites for hydroxylation is 1. The summed E-state index contributed by atoms with van der Waals surface area (Å²) in [4.78, 5) is 12.8. The van der Waals surface area contributed by atoms with Gasteiger partial charge in [-0.2, -0.15) is 0 Å². The molecule has 0 fully saturated rings. The quantitative estimate of drug-likeness (QED) is 0.846. The summed E-state index contributed by atoms with van der Waals surface area (Å²) >= 11 is 0. The lowest BCUT2D eigenvalue weighted by Gasteiger charge is -2.12. The Morgan fingerprint density at radius 2 is 1.88 bits per heavy atom. The van der Waals surface area contributed by atoms with E-state index in [1.165, 1.54) is 11.0 Å². The minimum absolute atomic E-state index is 0.201. The number of benzene rings is 1. The fraction of sp³-hybridized carbons (Fsp3) is 0.364. The molecule has 0 aromatic heterocycles. The molecule has 0 heterocycles. The van der Waals surface area contributed by atoms with Gasteiger partial charge in [0.2, 0.25) is 15.9 Å². The summed E-state index contributed by atoms with van der Waals surface area (Å²) in [7, 11) is -0.469. The van der Waals surface area contributed by atoms with E-state index < -0.39 is 10.0 Å². The summed E-state index contributed by atoms with van der Waals surface area (Å²) in [6.07, 6.45) is 0. The lowest BCUT2D eigenvalue weighted by Crippen LogP contribution is -2.36. The van der Waals surface area contributed by atoms with Crippen LogP contribution in [0.2, 0.25) is 0 Å². The predicted octanol–water partition coefficient (Wildman–Crippen LogP) is 0.362. The summed E-state index contributed by atoms with van der Waals surface area (Å²) in [5.74, 6) is -0.290. The molecule has 0 atom stereocenters. The number of rotatable bonds is 4. The molecular weight excluding hydrogens is 240 g/mol. The van der Waals surface area contributed by atoms with E-state index in [0.29, 0.717) is 5.56 Å². The summed E-state index contributed by atoms with van der Waals surface area (Å²) in [6.45, 7) is 1.48. The number of hydrogen-bond donors (Lipinski definition) is 1. The van der Waals surface area contributed by atoms with Crippen molar-refractivity contribution >= 4 is 15.9 Å². The van der Waals surface area contributed by atoms with Gasteiger partial charge in [-0.3, -0.25) is 4.79 Å². The van der Waals surface area contributed by atoms with Crippen LogP contribution in [0.4, 0.5) is 0 Å². The first-order valence-electron chi connectivity index (χ1n) is 5.10. The van der Waals surface area contributed by atoms with Gasteiger partial charge in [0.25, 0.3) is 0 Å². The van der Waals surface area contributed by atoms with Crippen molar-refractivity contribution < 1.29 is 13.2 Å². The molecule has 1 N–H and O–H groups in total. The zero-order valence-corrected chi connectivity index (χ0v) is 10.9. The Balaban J connectivity index is 2.84. The van der Waals surface area contributed by atoms with Gasteiger partial charge >= 0.3 is 0 Å². The molecule has 0 radical (unpaired) electrons. The lowest BCUT2D eigenvalue weighted by molar-refractivity contribution is -0.127. The van der Waals surface area contributed by atoms with Gasteiger partial charge in [-0.05, 0) is 18.6 Å². The zero-order chi connectivity index (χ0) is 13.1. The SMILES string of the molecule is Cc1ccccc1S(=O)(=O)NCC(=O)N(C)C. The molecule has 1 aromatic rings. The summed E-state index contributed by atoms with van der Waals surface area (Å²) < 4.78 is 26.1. The maximum absolute atomic E-state index is 11.9. The second-order valence-electron chi connectivity index (χ2n) is 3.88. The number of carbonyl (C=O) groups is 1. The maximum atomic E-state index is 11.9. The molecule has 0 bridgehead atoms. The fourth-order valence-corrected chi connectivity index (χ4v) is 2.47. The Labute approximate surface area is 101 Å². The van der Waals surface area contributed by atoms with E-state index in [-0.39, 0.29) is 17.3 Å². The summed E-state index contributed by atoms with van der Waals surface area (Å²) in [5.41, 5.74) is 0.650. The Hall–Kier alpha value is -1.40. The molecule has 0 unspecified atom stereocenters. The molecule has 0 saturated heterocycles. The Morgan fingerprint density at radius 1 is 1.29 bits per heavy atom. The first-order valence-corrected chi connectivity index (χ1v) is 6.58. The van der Waals surface area contributed by atoms with Crippen molar-refractivity contribution in [3.8, 4) is 0 Å². The van der Waals surface area contributed by atoms with Crippen LogP contribution in [0.1, 0.15) is 5.56 Å². The molecule has 6 heteroatoms. The highest BCUT2D eigenvalue weighted by molar-refractivity contribution is 7.89. The first kappa shape index (κ1) is 13.7. The highest BCUT2D eigenvalue weighted by Gasteiger charge is 2.17. The standard InChI is InChI=1S/C11H16N2O3S/c1-9-6-4-5-7-10(9)17(15,16)12-8-11(14)13(2)3/h4-7,12H,8H2,1-3H3. The van der Waals surface area contributed by atoms with E-state index in [0.717, 1.165) is 0 Å². The van der Waals surface area contributed by atoms with E-state index in [2.05, 4.69) is 4.72 Å². The van der Waals surface area contributed by atoms with Crippen LogP contribution in [0, 0.1) is 6.92 Å². The van der Waals surface area contributed by atoms with Crippen molar-refractivity contribution in [2.75, 3.05) is 20.6 Å². The fourth-order valence-electron chi connectivity index (χ4n) is 1.25.